The Morgan fingerprint density at radius 3 is 1.82 bits per heavy atom. The first-order chi connectivity index (χ1) is 7.71. The predicted octanol–water partition coefficient (Wildman–Crippen LogP) is 1.86. The Kier molecular flexibility index (Phi) is 5.40. The van der Waals surface area contributed by atoms with E-state index in [2.05, 4.69) is 53.7 Å². The normalized spacial score (nSPS) is 19.9. The van der Waals surface area contributed by atoms with Crippen LogP contribution in [0.25, 0.3) is 0 Å². The molecule has 1 aliphatic heterocycles. The molecule has 0 saturated carbocycles. The third-order valence-electron chi connectivity index (χ3n) is 3.47. The number of nitrogens with zero attached hydrogens (tertiary/aromatic N) is 2. The first kappa shape index (κ1) is 15.4. The lowest BCUT2D eigenvalue weighted by atomic mass is 10.3. The zero-order chi connectivity index (χ0) is 13.1. The van der Waals surface area contributed by atoms with E-state index < -0.39 is 16.5 Å². The van der Waals surface area contributed by atoms with E-state index in [9.17, 15) is 0 Å². The molecule has 102 valence electrons. The molecule has 0 aromatic rings. The van der Waals surface area contributed by atoms with Crippen LogP contribution >= 0.6 is 0 Å². The lowest BCUT2D eigenvalue weighted by Gasteiger charge is -2.44. The molecule has 1 saturated heterocycles. The van der Waals surface area contributed by atoms with Crippen LogP contribution in [0.3, 0.4) is 0 Å². The van der Waals surface area contributed by atoms with Gasteiger partial charge in [-0.15, -0.1) is 0 Å². The molecule has 0 aromatic carbocycles. The SMILES string of the molecule is C[Si](C)(C)N(CCN1CCNCC1)[Si](C)(C)C. The highest BCUT2D eigenvalue weighted by Crippen LogP contribution is 2.19. The standard InChI is InChI=1S/C12H31N3Si2/c1-16(2,3)15(17(4,5)6)12-11-14-9-7-13-8-10-14/h13H,7-12H2,1-6H3. The predicted molar refractivity (Wildman–Crippen MR) is 82.7 cm³/mol. The molecule has 1 heterocycles. The molecule has 0 atom stereocenters. The highest BCUT2D eigenvalue weighted by Gasteiger charge is 2.34. The fraction of sp³-hybridized carbons (Fsp3) is 1.00. The molecule has 0 aromatic heterocycles. The van der Waals surface area contributed by atoms with E-state index in [0.29, 0.717) is 0 Å². The van der Waals surface area contributed by atoms with Gasteiger partial charge >= 0.3 is 0 Å². The third-order valence-corrected chi connectivity index (χ3v) is 11.2. The molecule has 0 spiro atoms. The second-order valence-corrected chi connectivity index (χ2v) is 17.3. The zero-order valence-corrected chi connectivity index (χ0v) is 14.6. The van der Waals surface area contributed by atoms with Crippen LogP contribution < -0.4 is 5.32 Å². The van der Waals surface area contributed by atoms with Gasteiger partial charge in [-0.3, -0.25) is 4.90 Å². The van der Waals surface area contributed by atoms with E-state index in [0.717, 1.165) is 0 Å². The number of hydrogen-bond donors (Lipinski definition) is 1. The van der Waals surface area contributed by atoms with Crippen molar-refractivity contribution in [1.29, 1.82) is 0 Å². The largest absolute Gasteiger partial charge is 0.345 e. The van der Waals surface area contributed by atoms with Crippen LogP contribution in [-0.4, -0.2) is 64.9 Å². The Morgan fingerprint density at radius 1 is 0.941 bits per heavy atom. The molecule has 0 radical (unpaired) electrons. The van der Waals surface area contributed by atoms with Crippen molar-refractivity contribution < 1.29 is 0 Å². The van der Waals surface area contributed by atoms with Gasteiger partial charge < -0.3 is 9.55 Å². The second kappa shape index (κ2) is 5.97. The van der Waals surface area contributed by atoms with Gasteiger partial charge in [-0.25, -0.2) is 0 Å². The summed E-state index contributed by atoms with van der Waals surface area (Å²) in [5.74, 6) is 0. The number of nitrogens with one attached hydrogen (secondary N) is 1. The van der Waals surface area contributed by atoms with Gasteiger partial charge in [0.1, 0.15) is 16.5 Å². The summed E-state index contributed by atoms with van der Waals surface area (Å²) in [6.45, 7) is 22.3. The van der Waals surface area contributed by atoms with Crippen LogP contribution in [-0.2, 0) is 0 Å². The molecule has 0 bridgehead atoms. The molecule has 1 aliphatic rings. The Bertz CT molecular complexity index is 213. The molecule has 0 unspecified atom stereocenters. The maximum absolute atomic E-state index is 3.42. The maximum atomic E-state index is 3.42. The highest BCUT2D eigenvalue weighted by atomic mass is 28.4. The molecule has 1 N–H and O–H groups in total. The molecule has 17 heavy (non-hydrogen) atoms. The first-order valence-corrected chi connectivity index (χ1v) is 13.8. The van der Waals surface area contributed by atoms with E-state index in [1.54, 1.807) is 0 Å². The van der Waals surface area contributed by atoms with Crippen LogP contribution in [0.2, 0.25) is 39.3 Å². The van der Waals surface area contributed by atoms with Crippen molar-refractivity contribution in [3.05, 3.63) is 0 Å². The van der Waals surface area contributed by atoms with Crippen molar-refractivity contribution in [3.8, 4) is 0 Å². The van der Waals surface area contributed by atoms with Gasteiger partial charge in [0.2, 0.25) is 0 Å². The minimum atomic E-state index is -1.15. The summed E-state index contributed by atoms with van der Waals surface area (Å²) >= 11 is 0. The van der Waals surface area contributed by atoms with Crippen molar-refractivity contribution in [2.45, 2.75) is 39.3 Å². The van der Waals surface area contributed by atoms with E-state index >= 15 is 0 Å². The van der Waals surface area contributed by atoms with Gasteiger partial charge in [0.15, 0.2) is 0 Å². The van der Waals surface area contributed by atoms with E-state index in [-0.39, 0.29) is 0 Å². The highest BCUT2D eigenvalue weighted by molar-refractivity contribution is 6.89. The Balaban J connectivity index is 2.49. The van der Waals surface area contributed by atoms with Gasteiger partial charge in [0.05, 0.1) is 0 Å². The van der Waals surface area contributed by atoms with E-state index in [4.69, 9.17) is 0 Å². The lowest BCUT2D eigenvalue weighted by Crippen LogP contribution is -2.61. The summed E-state index contributed by atoms with van der Waals surface area (Å²) in [4.78, 5) is 2.61. The van der Waals surface area contributed by atoms with Crippen molar-refractivity contribution in [2.75, 3.05) is 39.3 Å². The van der Waals surface area contributed by atoms with Crippen LogP contribution in [0.5, 0.6) is 0 Å². The Hall–Kier alpha value is 0.314. The fourth-order valence-electron chi connectivity index (χ4n) is 2.85. The van der Waals surface area contributed by atoms with Crippen LogP contribution in [0.1, 0.15) is 0 Å². The van der Waals surface area contributed by atoms with E-state index in [1.165, 1.54) is 39.3 Å². The molecular weight excluding hydrogens is 242 g/mol. The summed E-state index contributed by atoms with van der Waals surface area (Å²) in [7, 11) is -2.31. The fourth-order valence-corrected chi connectivity index (χ4v) is 12.4. The monoisotopic (exact) mass is 273 g/mol. The van der Waals surface area contributed by atoms with Crippen molar-refractivity contribution >= 4 is 16.5 Å². The summed E-state index contributed by atoms with van der Waals surface area (Å²) in [6, 6.07) is 0. The average Bonchev–Trinajstić information content (AvgIpc) is 2.15. The van der Waals surface area contributed by atoms with Crippen LogP contribution in [0.15, 0.2) is 0 Å². The van der Waals surface area contributed by atoms with Crippen LogP contribution in [0, 0.1) is 0 Å². The third kappa shape index (κ3) is 5.22. The zero-order valence-electron chi connectivity index (χ0n) is 12.6. The van der Waals surface area contributed by atoms with Crippen molar-refractivity contribution in [1.82, 2.24) is 14.4 Å². The molecular formula is C12H31N3Si2. The minimum absolute atomic E-state index is 1.15. The summed E-state index contributed by atoms with van der Waals surface area (Å²) in [5, 5.41) is 3.42. The smallest absolute Gasteiger partial charge is 0.112 e. The Labute approximate surface area is 110 Å². The maximum Gasteiger partial charge on any atom is 0.112 e. The van der Waals surface area contributed by atoms with Crippen molar-refractivity contribution in [3.63, 3.8) is 0 Å². The van der Waals surface area contributed by atoms with Gasteiger partial charge in [0, 0.05) is 32.7 Å². The quantitative estimate of drug-likeness (QED) is 0.772. The Morgan fingerprint density at radius 2 is 1.41 bits per heavy atom. The molecule has 0 aliphatic carbocycles. The molecule has 1 fully saturated rings. The summed E-state index contributed by atoms with van der Waals surface area (Å²) < 4.78 is 2.89. The second-order valence-electron chi connectivity index (χ2n) is 7.08. The minimum Gasteiger partial charge on any atom is -0.345 e. The molecule has 0 amide bonds. The van der Waals surface area contributed by atoms with Gasteiger partial charge in [0.25, 0.3) is 0 Å². The van der Waals surface area contributed by atoms with Crippen molar-refractivity contribution in [2.24, 2.45) is 0 Å². The summed E-state index contributed by atoms with van der Waals surface area (Å²) in [5.41, 5.74) is 0. The number of rotatable bonds is 5. The van der Waals surface area contributed by atoms with E-state index in [1.807, 2.05) is 0 Å². The van der Waals surface area contributed by atoms with Crippen LogP contribution in [0.4, 0.5) is 0 Å². The first-order valence-electron chi connectivity index (χ1n) is 6.92. The van der Waals surface area contributed by atoms with Gasteiger partial charge in [-0.05, 0) is 6.54 Å². The summed E-state index contributed by atoms with van der Waals surface area (Å²) in [6.07, 6.45) is 0. The van der Waals surface area contributed by atoms with Gasteiger partial charge in [-0.2, -0.15) is 0 Å². The lowest BCUT2D eigenvalue weighted by molar-refractivity contribution is 0.234. The molecule has 5 heteroatoms. The average molecular weight is 274 g/mol. The van der Waals surface area contributed by atoms with Gasteiger partial charge in [-0.1, -0.05) is 39.3 Å². The number of hydrogen-bond acceptors (Lipinski definition) is 3. The topological polar surface area (TPSA) is 18.5 Å². The number of piperazine rings is 1. The molecule has 3 nitrogen and oxygen atoms in total. The molecule has 1 rings (SSSR count).